The van der Waals surface area contributed by atoms with Crippen molar-refractivity contribution in [1.29, 1.82) is 0 Å². The molecule has 2 heterocycles. The van der Waals surface area contributed by atoms with Crippen LogP contribution in [0.5, 0.6) is 0 Å². The Morgan fingerprint density at radius 3 is 2.68 bits per heavy atom. The van der Waals surface area contributed by atoms with Crippen LogP contribution in [-0.2, 0) is 4.74 Å². The lowest BCUT2D eigenvalue weighted by atomic mass is 10.1. The monoisotopic (exact) mass is 264 g/mol. The van der Waals surface area contributed by atoms with E-state index < -0.39 is 0 Å². The molecule has 6 heteroatoms. The first-order valence-electron chi connectivity index (χ1n) is 6.78. The molecule has 0 bridgehead atoms. The van der Waals surface area contributed by atoms with Crippen LogP contribution in [0.4, 0.5) is 4.79 Å². The molecule has 3 rings (SSSR count). The number of fused-ring (bicyclic) bond motifs is 1. The van der Waals surface area contributed by atoms with Crippen LogP contribution in [0.25, 0.3) is 0 Å². The van der Waals surface area contributed by atoms with E-state index in [-0.39, 0.29) is 11.5 Å². The lowest BCUT2D eigenvalue weighted by Crippen LogP contribution is -2.34. The number of ether oxygens (including phenoxy) is 1. The van der Waals surface area contributed by atoms with Gasteiger partial charge in [0, 0.05) is 30.5 Å². The molecule has 0 spiro atoms. The van der Waals surface area contributed by atoms with E-state index in [4.69, 9.17) is 4.74 Å². The second-order valence-electron chi connectivity index (χ2n) is 6.32. The predicted molar refractivity (Wildman–Crippen MR) is 68.4 cm³/mol. The van der Waals surface area contributed by atoms with Crippen LogP contribution >= 0.6 is 0 Å². The molecule has 1 aliphatic carbocycles. The van der Waals surface area contributed by atoms with Gasteiger partial charge in [-0.1, -0.05) is 20.8 Å². The zero-order chi connectivity index (χ0) is 13.6. The second-order valence-corrected chi connectivity index (χ2v) is 6.32. The first-order chi connectivity index (χ1) is 9.02. The van der Waals surface area contributed by atoms with Gasteiger partial charge in [0.1, 0.15) is 12.7 Å². The Kier molecular flexibility index (Phi) is 2.76. The van der Waals surface area contributed by atoms with Gasteiger partial charge in [-0.2, -0.15) is 0 Å². The molecule has 1 aromatic rings. The van der Waals surface area contributed by atoms with Gasteiger partial charge < -0.3 is 14.2 Å². The molecule has 1 saturated heterocycles. The van der Waals surface area contributed by atoms with Crippen LogP contribution in [0.2, 0.25) is 0 Å². The maximum absolute atomic E-state index is 11.9. The SMILES string of the molecule is CC(C)COC(=O)N1C[C@@H]2[C@@H](n3cnnc3)[C@]2(C)C1. The third-order valence-electron chi connectivity index (χ3n) is 4.30. The molecule has 0 N–H and O–H groups in total. The van der Waals surface area contributed by atoms with E-state index in [0.717, 1.165) is 13.1 Å². The number of hydrogen-bond donors (Lipinski definition) is 0. The summed E-state index contributed by atoms with van der Waals surface area (Å²) in [5, 5.41) is 7.71. The van der Waals surface area contributed by atoms with Gasteiger partial charge in [-0.25, -0.2) is 4.79 Å². The highest BCUT2D eigenvalue weighted by molar-refractivity contribution is 5.68. The molecule has 6 nitrogen and oxygen atoms in total. The lowest BCUT2D eigenvalue weighted by Gasteiger charge is -2.22. The molecule has 1 aromatic heterocycles. The van der Waals surface area contributed by atoms with Crippen LogP contribution in [0.15, 0.2) is 12.7 Å². The molecular weight excluding hydrogens is 244 g/mol. The number of nitrogens with zero attached hydrogens (tertiary/aromatic N) is 4. The van der Waals surface area contributed by atoms with Crippen LogP contribution in [0.1, 0.15) is 26.8 Å². The Labute approximate surface area is 112 Å². The minimum absolute atomic E-state index is 0.152. The largest absolute Gasteiger partial charge is 0.449 e. The summed E-state index contributed by atoms with van der Waals surface area (Å²) in [4.78, 5) is 13.8. The molecule has 3 atom stereocenters. The quantitative estimate of drug-likeness (QED) is 0.831. The molecule has 19 heavy (non-hydrogen) atoms. The van der Waals surface area contributed by atoms with Gasteiger partial charge in [0.25, 0.3) is 0 Å². The van der Waals surface area contributed by atoms with E-state index in [0.29, 0.717) is 24.5 Å². The highest BCUT2D eigenvalue weighted by atomic mass is 16.6. The Hall–Kier alpha value is -1.59. The number of amides is 1. The summed E-state index contributed by atoms with van der Waals surface area (Å²) in [5.74, 6) is 0.872. The van der Waals surface area contributed by atoms with Crippen molar-refractivity contribution in [2.45, 2.75) is 26.8 Å². The van der Waals surface area contributed by atoms with E-state index in [1.807, 2.05) is 18.7 Å². The predicted octanol–water partition coefficient (Wildman–Crippen LogP) is 1.56. The normalized spacial score (nSPS) is 32.5. The third kappa shape index (κ3) is 1.99. The van der Waals surface area contributed by atoms with Crippen molar-refractivity contribution in [3.8, 4) is 0 Å². The van der Waals surface area contributed by atoms with E-state index >= 15 is 0 Å². The van der Waals surface area contributed by atoms with E-state index in [9.17, 15) is 4.79 Å². The number of aromatic nitrogens is 3. The smallest absolute Gasteiger partial charge is 0.409 e. The first-order valence-corrected chi connectivity index (χ1v) is 6.78. The topological polar surface area (TPSA) is 60.2 Å². The van der Waals surface area contributed by atoms with Gasteiger partial charge in [0.15, 0.2) is 0 Å². The van der Waals surface area contributed by atoms with Crippen molar-refractivity contribution in [3.05, 3.63) is 12.7 Å². The Morgan fingerprint density at radius 2 is 2.16 bits per heavy atom. The number of hydrogen-bond acceptors (Lipinski definition) is 4. The summed E-state index contributed by atoms with van der Waals surface area (Å²) in [6.07, 6.45) is 3.34. The first kappa shape index (κ1) is 12.4. The maximum atomic E-state index is 11.9. The standard InChI is InChI=1S/C13H20N4O2/c1-9(2)5-19-12(18)16-4-10-11(13(10,3)6-16)17-7-14-15-8-17/h7-11H,4-6H2,1-3H3/t10-,11-,13-/m1/s1. The number of piperidine rings is 1. The number of rotatable bonds is 3. The average molecular weight is 264 g/mol. The van der Waals surface area contributed by atoms with Crippen LogP contribution in [0, 0.1) is 17.3 Å². The van der Waals surface area contributed by atoms with Gasteiger partial charge >= 0.3 is 6.09 Å². The summed E-state index contributed by atoms with van der Waals surface area (Å²) in [6, 6.07) is 0.427. The zero-order valence-corrected chi connectivity index (χ0v) is 11.6. The molecule has 1 amide bonds. The Bertz CT molecular complexity index is 473. The van der Waals surface area contributed by atoms with Crippen molar-refractivity contribution >= 4 is 6.09 Å². The van der Waals surface area contributed by atoms with Crippen molar-refractivity contribution in [2.24, 2.45) is 17.3 Å². The molecule has 2 aliphatic rings. The van der Waals surface area contributed by atoms with Gasteiger partial charge in [0.05, 0.1) is 6.61 Å². The summed E-state index contributed by atoms with van der Waals surface area (Å²) in [7, 11) is 0. The Balaban J connectivity index is 1.58. The summed E-state index contributed by atoms with van der Waals surface area (Å²) < 4.78 is 7.34. The zero-order valence-electron chi connectivity index (χ0n) is 11.6. The van der Waals surface area contributed by atoms with Gasteiger partial charge in [-0.05, 0) is 5.92 Å². The molecule has 0 aromatic carbocycles. The van der Waals surface area contributed by atoms with Crippen molar-refractivity contribution in [2.75, 3.05) is 19.7 Å². The average Bonchev–Trinajstić information content (AvgIpc) is 2.82. The molecule has 104 valence electrons. The summed E-state index contributed by atoms with van der Waals surface area (Å²) in [6.45, 7) is 8.33. The lowest BCUT2D eigenvalue weighted by molar-refractivity contribution is 0.0922. The number of likely N-dealkylation sites (tertiary alicyclic amines) is 1. The minimum atomic E-state index is -0.176. The molecule has 1 aliphatic heterocycles. The molecular formula is C13H20N4O2. The molecule has 2 fully saturated rings. The maximum Gasteiger partial charge on any atom is 0.409 e. The number of carbonyl (C=O) groups is 1. The minimum Gasteiger partial charge on any atom is -0.449 e. The Morgan fingerprint density at radius 1 is 1.47 bits per heavy atom. The molecule has 1 saturated carbocycles. The van der Waals surface area contributed by atoms with Crippen LogP contribution in [0.3, 0.4) is 0 Å². The van der Waals surface area contributed by atoms with E-state index in [1.165, 1.54) is 0 Å². The highest BCUT2D eigenvalue weighted by Crippen LogP contribution is 2.65. The fraction of sp³-hybridized carbons (Fsp3) is 0.769. The summed E-state index contributed by atoms with van der Waals surface area (Å²) in [5.41, 5.74) is 0.152. The molecule has 0 radical (unpaired) electrons. The molecule has 0 unspecified atom stereocenters. The van der Waals surface area contributed by atoms with Crippen molar-refractivity contribution in [1.82, 2.24) is 19.7 Å². The van der Waals surface area contributed by atoms with Crippen molar-refractivity contribution < 1.29 is 9.53 Å². The van der Waals surface area contributed by atoms with E-state index in [1.54, 1.807) is 12.7 Å². The van der Waals surface area contributed by atoms with Gasteiger partial charge in [-0.15, -0.1) is 10.2 Å². The third-order valence-corrected chi connectivity index (χ3v) is 4.30. The van der Waals surface area contributed by atoms with Gasteiger partial charge in [-0.3, -0.25) is 0 Å². The van der Waals surface area contributed by atoms with Crippen LogP contribution in [-0.4, -0.2) is 45.5 Å². The van der Waals surface area contributed by atoms with Crippen molar-refractivity contribution in [3.63, 3.8) is 0 Å². The fourth-order valence-electron chi connectivity index (χ4n) is 3.24. The summed E-state index contributed by atoms with van der Waals surface area (Å²) >= 11 is 0. The fourth-order valence-corrected chi connectivity index (χ4v) is 3.24. The second kappa shape index (κ2) is 4.21. The number of carbonyl (C=O) groups excluding carboxylic acids is 1. The van der Waals surface area contributed by atoms with Gasteiger partial charge in [0.2, 0.25) is 0 Å². The highest BCUT2D eigenvalue weighted by Gasteiger charge is 2.67. The van der Waals surface area contributed by atoms with Crippen LogP contribution < -0.4 is 0 Å². The van der Waals surface area contributed by atoms with E-state index in [2.05, 4.69) is 21.7 Å².